The first-order valence-electron chi connectivity index (χ1n) is 3.99. The van der Waals surface area contributed by atoms with Crippen LogP contribution in [-0.4, -0.2) is 18.2 Å². The van der Waals surface area contributed by atoms with Crippen LogP contribution >= 0.6 is 23.2 Å². The molecule has 0 fully saturated rings. The van der Waals surface area contributed by atoms with E-state index in [2.05, 4.69) is 4.74 Å². The zero-order valence-electron chi connectivity index (χ0n) is 7.83. The molecule has 0 bridgehead atoms. The molecule has 0 radical (unpaired) electrons. The summed E-state index contributed by atoms with van der Waals surface area (Å²) in [4.78, 5) is 11.1. The van der Waals surface area contributed by atoms with Crippen molar-refractivity contribution in [2.45, 2.75) is 6.04 Å². The molecule has 1 aromatic carbocycles. The second kappa shape index (κ2) is 4.70. The van der Waals surface area contributed by atoms with Gasteiger partial charge in [0.1, 0.15) is 16.8 Å². The third kappa shape index (κ3) is 2.34. The molecule has 0 saturated carbocycles. The Kier molecular flexibility index (Phi) is 3.79. The average Bonchev–Trinajstić information content (AvgIpc) is 2.24. The summed E-state index contributed by atoms with van der Waals surface area (Å²) in [5.74, 6) is -0.967. The number of halogens is 2. The Labute approximate surface area is 96.5 Å². The Bertz CT molecular complexity index is 395. The lowest BCUT2D eigenvalue weighted by Gasteiger charge is -2.12. The first kappa shape index (κ1) is 12.1. The molecule has 0 spiro atoms. The third-order valence-electron chi connectivity index (χ3n) is 1.89. The lowest BCUT2D eigenvalue weighted by molar-refractivity contribution is -0.142. The zero-order valence-corrected chi connectivity index (χ0v) is 9.34. The maximum atomic E-state index is 11.1. The predicted octanol–water partition coefficient (Wildman–Crippen LogP) is 1.87. The minimum Gasteiger partial charge on any atom is -0.506 e. The highest BCUT2D eigenvalue weighted by atomic mass is 35.5. The van der Waals surface area contributed by atoms with Crippen molar-refractivity contribution in [3.63, 3.8) is 0 Å². The number of rotatable bonds is 2. The minimum atomic E-state index is -1.08. The van der Waals surface area contributed by atoms with Gasteiger partial charge in [0, 0.05) is 5.56 Å². The number of nitrogens with two attached hydrogens (primary N) is 1. The molecular formula is C9H9Cl2NO3. The number of phenolic OH excluding ortho intramolecular Hbond substituents is 1. The van der Waals surface area contributed by atoms with Crippen LogP contribution in [0.15, 0.2) is 12.1 Å². The quantitative estimate of drug-likeness (QED) is 0.786. The van der Waals surface area contributed by atoms with E-state index < -0.39 is 12.0 Å². The fraction of sp³-hybridized carbons (Fsp3) is 0.222. The number of phenols is 1. The third-order valence-corrected chi connectivity index (χ3v) is 2.68. The van der Waals surface area contributed by atoms with Crippen LogP contribution in [0.25, 0.3) is 0 Å². The van der Waals surface area contributed by atoms with E-state index in [0.29, 0.717) is 0 Å². The topological polar surface area (TPSA) is 72.5 Å². The number of aromatic hydroxyl groups is 1. The largest absolute Gasteiger partial charge is 0.506 e. The van der Waals surface area contributed by atoms with Crippen LogP contribution in [-0.2, 0) is 9.53 Å². The molecule has 1 aromatic rings. The zero-order chi connectivity index (χ0) is 11.6. The van der Waals surface area contributed by atoms with Crippen molar-refractivity contribution in [3.05, 3.63) is 27.7 Å². The predicted molar refractivity (Wildman–Crippen MR) is 57.1 cm³/mol. The number of carbonyl (C=O) groups is 1. The Balaban J connectivity index is 3.16. The molecule has 0 aliphatic rings. The van der Waals surface area contributed by atoms with E-state index in [4.69, 9.17) is 28.9 Å². The minimum absolute atomic E-state index is 0.0338. The van der Waals surface area contributed by atoms with Gasteiger partial charge in [-0.3, -0.25) is 4.79 Å². The molecule has 0 unspecified atom stereocenters. The van der Waals surface area contributed by atoms with Gasteiger partial charge in [0.25, 0.3) is 0 Å². The van der Waals surface area contributed by atoms with Crippen LogP contribution in [0.3, 0.4) is 0 Å². The number of methoxy groups -OCH3 is 1. The molecule has 0 heterocycles. The molecule has 1 atom stereocenters. The Morgan fingerprint density at radius 1 is 1.53 bits per heavy atom. The molecule has 0 aliphatic carbocycles. The highest BCUT2D eigenvalue weighted by Crippen LogP contribution is 2.36. The monoisotopic (exact) mass is 249 g/mol. The summed E-state index contributed by atoms with van der Waals surface area (Å²) in [5, 5.41) is 9.75. The highest BCUT2D eigenvalue weighted by molar-refractivity contribution is 6.43. The van der Waals surface area contributed by atoms with Crippen molar-refractivity contribution in [1.82, 2.24) is 0 Å². The van der Waals surface area contributed by atoms with Crippen LogP contribution in [0.5, 0.6) is 5.75 Å². The SMILES string of the molecule is COC(=O)[C@H](N)c1ccc(Cl)c(Cl)c1O. The van der Waals surface area contributed by atoms with Crippen LogP contribution < -0.4 is 5.73 Å². The van der Waals surface area contributed by atoms with Crippen molar-refractivity contribution in [1.29, 1.82) is 0 Å². The Morgan fingerprint density at radius 3 is 2.67 bits per heavy atom. The van der Waals surface area contributed by atoms with E-state index in [1.54, 1.807) is 0 Å². The molecule has 0 amide bonds. The molecule has 15 heavy (non-hydrogen) atoms. The van der Waals surface area contributed by atoms with Gasteiger partial charge in [-0.1, -0.05) is 29.3 Å². The number of hydrogen-bond donors (Lipinski definition) is 2. The molecule has 0 aromatic heterocycles. The standard InChI is InChI=1S/C9H9Cl2NO3/c1-15-9(14)7(12)4-2-3-5(10)6(11)8(4)13/h2-3,7,13H,12H2,1H3/t7-/m1/s1. The van der Waals surface area contributed by atoms with Gasteiger partial charge in [-0.25, -0.2) is 0 Å². The highest BCUT2D eigenvalue weighted by Gasteiger charge is 2.21. The Hall–Kier alpha value is -0.970. The summed E-state index contributed by atoms with van der Waals surface area (Å²) in [6.07, 6.45) is 0. The lowest BCUT2D eigenvalue weighted by Crippen LogP contribution is -2.22. The van der Waals surface area contributed by atoms with Crippen LogP contribution in [0.4, 0.5) is 0 Å². The maximum Gasteiger partial charge on any atom is 0.327 e. The van der Waals surface area contributed by atoms with Gasteiger partial charge in [-0.05, 0) is 6.07 Å². The van der Waals surface area contributed by atoms with Crippen molar-refractivity contribution >= 4 is 29.2 Å². The number of carbonyl (C=O) groups excluding carboxylic acids is 1. The summed E-state index contributed by atoms with van der Waals surface area (Å²) < 4.78 is 4.44. The molecule has 1 rings (SSSR count). The molecule has 82 valence electrons. The molecule has 4 nitrogen and oxygen atoms in total. The first-order valence-corrected chi connectivity index (χ1v) is 4.75. The molecular weight excluding hydrogens is 241 g/mol. The Morgan fingerprint density at radius 2 is 2.13 bits per heavy atom. The van der Waals surface area contributed by atoms with Gasteiger partial charge >= 0.3 is 5.97 Å². The summed E-state index contributed by atoms with van der Waals surface area (Å²) in [6, 6.07) is 1.79. The number of esters is 1. The summed E-state index contributed by atoms with van der Waals surface area (Å²) in [6.45, 7) is 0. The fourth-order valence-corrected chi connectivity index (χ4v) is 1.38. The van der Waals surface area contributed by atoms with Gasteiger partial charge in [0.15, 0.2) is 0 Å². The van der Waals surface area contributed by atoms with Crippen molar-refractivity contribution < 1.29 is 14.6 Å². The van der Waals surface area contributed by atoms with E-state index in [1.165, 1.54) is 19.2 Å². The van der Waals surface area contributed by atoms with E-state index in [0.717, 1.165) is 0 Å². The average molecular weight is 250 g/mol. The maximum absolute atomic E-state index is 11.1. The van der Waals surface area contributed by atoms with Crippen LogP contribution in [0.2, 0.25) is 10.0 Å². The van der Waals surface area contributed by atoms with Crippen LogP contribution in [0.1, 0.15) is 11.6 Å². The van der Waals surface area contributed by atoms with E-state index >= 15 is 0 Å². The van der Waals surface area contributed by atoms with Gasteiger partial charge in [-0.2, -0.15) is 0 Å². The second-order valence-electron chi connectivity index (χ2n) is 2.80. The lowest BCUT2D eigenvalue weighted by atomic mass is 10.1. The number of ether oxygens (including phenoxy) is 1. The van der Waals surface area contributed by atoms with Crippen LogP contribution in [0, 0.1) is 0 Å². The van der Waals surface area contributed by atoms with Crippen molar-refractivity contribution in [3.8, 4) is 5.75 Å². The number of hydrogen-bond acceptors (Lipinski definition) is 4. The van der Waals surface area contributed by atoms with Crippen molar-refractivity contribution in [2.75, 3.05) is 7.11 Å². The van der Waals surface area contributed by atoms with Gasteiger partial charge < -0.3 is 15.6 Å². The van der Waals surface area contributed by atoms with Crippen molar-refractivity contribution in [2.24, 2.45) is 5.73 Å². The van der Waals surface area contributed by atoms with Gasteiger partial charge in [0.05, 0.1) is 12.1 Å². The number of benzene rings is 1. The summed E-state index contributed by atoms with van der Waals surface area (Å²) in [5.41, 5.74) is 5.71. The molecule has 3 N–H and O–H groups in total. The van der Waals surface area contributed by atoms with Gasteiger partial charge in [-0.15, -0.1) is 0 Å². The molecule has 0 saturated heterocycles. The molecule has 0 aliphatic heterocycles. The smallest absolute Gasteiger partial charge is 0.327 e. The van der Waals surface area contributed by atoms with E-state index in [9.17, 15) is 9.90 Å². The van der Waals surface area contributed by atoms with E-state index in [1.807, 2.05) is 0 Å². The normalized spacial score (nSPS) is 12.3. The molecule has 6 heteroatoms. The van der Waals surface area contributed by atoms with E-state index in [-0.39, 0.29) is 21.4 Å². The summed E-state index contributed by atoms with van der Waals surface area (Å²) >= 11 is 11.3. The summed E-state index contributed by atoms with van der Waals surface area (Å²) in [7, 11) is 1.21. The van der Waals surface area contributed by atoms with Gasteiger partial charge in [0.2, 0.25) is 0 Å². The second-order valence-corrected chi connectivity index (χ2v) is 3.59. The fourth-order valence-electron chi connectivity index (χ4n) is 1.06. The first-order chi connectivity index (χ1) is 6.99.